The summed E-state index contributed by atoms with van der Waals surface area (Å²) in [6.45, 7) is 1.63. The number of ether oxygens (including phenoxy) is 2. The minimum Gasteiger partial charge on any atom is -0.496 e. The lowest BCUT2D eigenvalue weighted by Crippen LogP contribution is -2.43. The maximum atomic E-state index is 13.6. The van der Waals surface area contributed by atoms with Crippen molar-refractivity contribution < 1.29 is 23.8 Å². The van der Waals surface area contributed by atoms with Crippen LogP contribution in [0.15, 0.2) is 42.5 Å². The van der Waals surface area contributed by atoms with Gasteiger partial charge in [0.05, 0.1) is 13.7 Å². The molecule has 27 heavy (non-hydrogen) atoms. The number of carbonyl (C=O) groups excluding carboxylic acids is 1. The van der Waals surface area contributed by atoms with E-state index in [0.717, 1.165) is 18.4 Å². The van der Waals surface area contributed by atoms with Crippen LogP contribution in [0.5, 0.6) is 5.75 Å². The second kappa shape index (κ2) is 8.50. The molecule has 0 aliphatic carbocycles. The Balaban J connectivity index is 1.70. The highest BCUT2D eigenvalue weighted by Gasteiger charge is 2.32. The first kappa shape index (κ1) is 19.3. The number of hydrogen-bond donors (Lipinski definition) is 2. The zero-order valence-electron chi connectivity index (χ0n) is 15.3. The highest BCUT2D eigenvalue weighted by atomic mass is 19.1. The van der Waals surface area contributed by atoms with E-state index in [2.05, 4.69) is 5.32 Å². The molecule has 2 aromatic carbocycles. The summed E-state index contributed by atoms with van der Waals surface area (Å²) in [6.07, 6.45) is 1.45. The Hall–Kier alpha value is -2.44. The lowest BCUT2D eigenvalue weighted by molar-refractivity contribution is -0.0146. The van der Waals surface area contributed by atoms with Gasteiger partial charge in [-0.3, -0.25) is 4.79 Å². The van der Waals surface area contributed by atoms with Gasteiger partial charge >= 0.3 is 0 Å². The van der Waals surface area contributed by atoms with Crippen molar-refractivity contribution in [3.05, 3.63) is 53.8 Å². The molecule has 1 heterocycles. The first-order valence-corrected chi connectivity index (χ1v) is 8.98. The van der Waals surface area contributed by atoms with Gasteiger partial charge in [-0.25, -0.2) is 4.39 Å². The maximum absolute atomic E-state index is 13.6. The number of methoxy groups -OCH3 is 1. The molecule has 0 unspecified atom stereocenters. The van der Waals surface area contributed by atoms with E-state index in [1.54, 1.807) is 30.3 Å². The predicted octanol–water partition coefficient (Wildman–Crippen LogP) is 3.02. The van der Waals surface area contributed by atoms with E-state index in [0.29, 0.717) is 36.6 Å². The van der Waals surface area contributed by atoms with Crippen LogP contribution in [-0.2, 0) is 4.74 Å². The molecule has 0 radical (unpaired) electrons. The Morgan fingerprint density at radius 1 is 1.22 bits per heavy atom. The van der Waals surface area contributed by atoms with Crippen molar-refractivity contribution in [2.75, 3.05) is 33.5 Å². The Kier molecular flexibility index (Phi) is 6.08. The minimum atomic E-state index is -0.349. The van der Waals surface area contributed by atoms with Crippen LogP contribution >= 0.6 is 0 Å². The molecular formula is C21H24FNO4. The van der Waals surface area contributed by atoms with Crippen molar-refractivity contribution in [3.63, 3.8) is 0 Å². The molecule has 144 valence electrons. The number of rotatable bonds is 6. The van der Waals surface area contributed by atoms with Crippen LogP contribution in [0.1, 0.15) is 23.2 Å². The molecule has 2 aromatic rings. The van der Waals surface area contributed by atoms with Crippen molar-refractivity contribution in [3.8, 4) is 16.9 Å². The van der Waals surface area contributed by atoms with E-state index in [4.69, 9.17) is 9.47 Å². The molecule has 0 saturated carbocycles. The molecule has 5 nitrogen and oxygen atoms in total. The summed E-state index contributed by atoms with van der Waals surface area (Å²) >= 11 is 0. The summed E-state index contributed by atoms with van der Waals surface area (Å²) in [5, 5.41) is 12.6. The smallest absolute Gasteiger partial charge is 0.251 e. The molecule has 0 atom stereocenters. The van der Waals surface area contributed by atoms with E-state index >= 15 is 0 Å². The van der Waals surface area contributed by atoms with Gasteiger partial charge in [0, 0.05) is 36.3 Å². The van der Waals surface area contributed by atoms with Gasteiger partial charge in [-0.15, -0.1) is 0 Å². The second-order valence-corrected chi connectivity index (χ2v) is 6.88. The largest absolute Gasteiger partial charge is 0.496 e. The van der Waals surface area contributed by atoms with Crippen LogP contribution in [0, 0.1) is 11.2 Å². The molecule has 0 aromatic heterocycles. The van der Waals surface area contributed by atoms with Crippen LogP contribution in [0.25, 0.3) is 11.1 Å². The summed E-state index contributed by atoms with van der Waals surface area (Å²) in [5.74, 6) is 0.0171. The first-order chi connectivity index (χ1) is 13.1. The molecule has 1 fully saturated rings. The Labute approximate surface area is 158 Å². The fraction of sp³-hybridized carbons (Fsp3) is 0.381. The van der Waals surface area contributed by atoms with Gasteiger partial charge in [-0.1, -0.05) is 12.1 Å². The van der Waals surface area contributed by atoms with Crippen LogP contribution in [0.4, 0.5) is 4.39 Å². The van der Waals surface area contributed by atoms with Crippen molar-refractivity contribution in [2.24, 2.45) is 5.41 Å². The number of halogens is 1. The maximum Gasteiger partial charge on any atom is 0.251 e. The van der Waals surface area contributed by atoms with Gasteiger partial charge in [0.2, 0.25) is 0 Å². The fourth-order valence-electron chi connectivity index (χ4n) is 3.27. The summed E-state index contributed by atoms with van der Waals surface area (Å²) in [6, 6.07) is 11.3. The molecular weight excluding hydrogens is 349 g/mol. The monoisotopic (exact) mass is 373 g/mol. The van der Waals surface area contributed by atoms with Crippen molar-refractivity contribution in [2.45, 2.75) is 12.8 Å². The third-order valence-corrected chi connectivity index (χ3v) is 5.13. The van der Waals surface area contributed by atoms with E-state index < -0.39 is 0 Å². The Bertz CT molecular complexity index is 785. The van der Waals surface area contributed by atoms with Crippen LogP contribution in [0.3, 0.4) is 0 Å². The molecule has 1 aliphatic rings. The SMILES string of the molecule is COc1ccc(F)cc1-c1ccc(C(=O)NCC2(CO)CCOCC2)cc1. The van der Waals surface area contributed by atoms with Gasteiger partial charge in [0.25, 0.3) is 5.91 Å². The number of nitrogens with one attached hydrogen (secondary N) is 1. The minimum absolute atomic E-state index is 0.0228. The summed E-state index contributed by atoms with van der Waals surface area (Å²) < 4.78 is 24.2. The number of amides is 1. The fourth-order valence-corrected chi connectivity index (χ4v) is 3.27. The molecule has 1 amide bonds. The molecule has 0 spiro atoms. The molecule has 1 aliphatic heterocycles. The van der Waals surface area contributed by atoms with Crippen molar-refractivity contribution >= 4 is 5.91 Å². The number of hydrogen-bond acceptors (Lipinski definition) is 4. The average molecular weight is 373 g/mol. The van der Waals surface area contributed by atoms with E-state index in [1.807, 2.05) is 0 Å². The number of aliphatic hydroxyl groups is 1. The van der Waals surface area contributed by atoms with Gasteiger partial charge in [0.15, 0.2) is 0 Å². The Morgan fingerprint density at radius 3 is 2.56 bits per heavy atom. The highest BCUT2D eigenvalue weighted by Crippen LogP contribution is 2.31. The zero-order valence-corrected chi connectivity index (χ0v) is 15.3. The van der Waals surface area contributed by atoms with E-state index in [1.165, 1.54) is 19.2 Å². The zero-order chi connectivity index (χ0) is 19.3. The topological polar surface area (TPSA) is 67.8 Å². The van der Waals surface area contributed by atoms with Gasteiger partial charge < -0.3 is 19.9 Å². The van der Waals surface area contributed by atoms with E-state index in [-0.39, 0.29) is 23.7 Å². The van der Waals surface area contributed by atoms with Gasteiger partial charge in [0.1, 0.15) is 11.6 Å². The normalized spacial score (nSPS) is 16.0. The highest BCUT2D eigenvalue weighted by molar-refractivity contribution is 5.94. The van der Waals surface area contributed by atoms with Crippen LogP contribution < -0.4 is 10.1 Å². The second-order valence-electron chi connectivity index (χ2n) is 6.88. The molecule has 6 heteroatoms. The third-order valence-electron chi connectivity index (χ3n) is 5.13. The molecule has 2 N–H and O–H groups in total. The lowest BCUT2D eigenvalue weighted by Gasteiger charge is -2.35. The lowest BCUT2D eigenvalue weighted by atomic mass is 9.81. The first-order valence-electron chi connectivity index (χ1n) is 8.98. The van der Waals surface area contributed by atoms with Crippen molar-refractivity contribution in [1.82, 2.24) is 5.32 Å². The third kappa shape index (κ3) is 4.46. The molecule has 3 rings (SSSR count). The summed E-state index contributed by atoms with van der Waals surface area (Å²) in [7, 11) is 1.53. The summed E-state index contributed by atoms with van der Waals surface area (Å²) in [5.41, 5.74) is 1.59. The van der Waals surface area contributed by atoms with Gasteiger partial charge in [-0.05, 0) is 48.7 Å². The van der Waals surface area contributed by atoms with E-state index in [9.17, 15) is 14.3 Å². The van der Waals surface area contributed by atoms with Crippen LogP contribution in [0.2, 0.25) is 0 Å². The Morgan fingerprint density at radius 2 is 1.93 bits per heavy atom. The quantitative estimate of drug-likeness (QED) is 0.817. The molecule has 0 bridgehead atoms. The predicted molar refractivity (Wildman–Crippen MR) is 100 cm³/mol. The number of aliphatic hydroxyl groups excluding tert-OH is 1. The number of carbonyl (C=O) groups is 1. The average Bonchev–Trinajstić information content (AvgIpc) is 2.73. The van der Waals surface area contributed by atoms with Crippen LogP contribution in [-0.4, -0.2) is 44.5 Å². The summed E-state index contributed by atoms with van der Waals surface area (Å²) in [4.78, 5) is 12.5. The standard InChI is InChI=1S/C21H24FNO4/c1-26-19-7-6-17(22)12-18(19)15-2-4-16(5-3-15)20(25)23-13-21(14-24)8-10-27-11-9-21/h2-7,12,24H,8-11,13-14H2,1H3,(H,23,25). The van der Waals surface area contributed by atoms with Gasteiger partial charge in [-0.2, -0.15) is 0 Å². The number of benzene rings is 2. The van der Waals surface area contributed by atoms with Crippen molar-refractivity contribution in [1.29, 1.82) is 0 Å². The molecule has 1 saturated heterocycles.